The van der Waals surface area contributed by atoms with Crippen LogP contribution in [0.1, 0.15) is 12.5 Å². The van der Waals surface area contributed by atoms with Crippen LogP contribution in [0.3, 0.4) is 0 Å². The third kappa shape index (κ3) is 3.52. The molecule has 0 unspecified atom stereocenters. The van der Waals surface area contributed by atoms with Crippen molar-refractivity contribution in [2.45, 2.75) is 6.92 Å². The number of hydrogen-bond donors (Lipinski definition) is 1. The van der Waals surface area contributed by atoms with Crippen molar-refractivity contribution in [3.05, 3.63) is 29.8 Å². The Labute approximate surface area is 101 Å². The number of benzene rings is 1. The van der Waals surface area contributed by atoms with Crippen molar-refractivity contribution in [3.63, 3.8) is 0 Å². The zero-order valence-electron chi connectivity index (χ0n) is 10.3. The van der Waals surface area contributed by atoms with Gasteiger partial charge in [0, 0.05) is 18.2 Å². The van der Waals surface area contributed by atoms with Crippen LogP contribution in [0.15, 0.2) is 24.3 Å². The first-order valence-corrected chi connectivity index (χ1v) is 5.39. The lowest BCUT2D eigenvalue weighted by molar-refractivity contribution is -0.116. The number of methoxy groups -OCH3 is 2. The van der Waals surface area contributed by atoms with Crippen molar-refractivity contribution in [2.24, 2.45) is 0 Å². The number of nitrogens with one attached hydrogen (secondary N) is 1. The molecule has 0 atom stereocenters. The Morgan fingerprint density at radius 2 is 2.12 bits per heavy atom. The van der Waals surface area contributed by atoms with Crippen molar-refractivity contribution in [1.29, 1.82) is 0 Å². The number of likely N-dealkylation sites (N-methyl/N-ethyl adjacent to an activating group) is 1. The van der Waals surface area contributed by atoms with Gasteiger partial charge < -0.3 is 14.8 Å². The molecule has 1 amide bonds. The Kier molecular flexibility index (Phi) is 5.07. The van der Waals surface area contributed by atoms with Gasteiger partial charge in [0.25, 0.3) is 0 Å². The summed E-state index contributed by atoms with van der Waals surface area (Å²) in [4.78, 5) is 11.3. The highest BCUT2D eigenvalue weighted by Crippen LogP contribution is 2.31. The SMILES string of the molecule is CCNC(=O)C=Cc1cccc(OC)c1OC. The Balaban J connectivity index is 2.94. The zero-order chi connectivity index (χ0) is 12.7. The van der Waals surface area contributed by atoms with Gasteiger partial charge in [-0.2, -0.15) is 0 Å². The molecule has 0 spiro atoms. The maximum absolute atomic E-state index is 11.3. The van der Waals surface area contributed by atoms with Gasteiger partial charge in [-0.05, 0) is 19.1 Å². The highest BCUT2D eigenvalue weighted by molar-refractivity contribution is 5.92. The molecule has 0 aliphatic heterocycles. The third-order valence-electron chi connectivity index (χ3n) is 2.20. The van der Waals surface area contributed by atoms with E-state index in [0.717, 1.165) is 5.56 Å². The fourth-order valence-electron chi connectivity index (χ4n) is 1.44. The largest absolute Gasteiger partial charge is 0.493 e. The molecule has 1 aromatic rings. The van der Waals surface area contributed by atoms with Gasteiger partial charge in [-0.15, -0.1) is 0 Å². The lowest BCUT2D eigenvalue weighted by Gasteiger charge is -2.09. The smallest absolute Gasteiger partial charge is 0.243 e. The first-order valence-electron chi connectivity index (χ1n) is 5.39. The van der Waals surface area contributed by atoms with Gasteiger partial charge in [-0.1, -0.05) is 12.1 Å². The van der Waals surface area contributed by atoms with E-state index < -0.39 is 0 Å². The molecule has 92 valence electrons. The molecule has 0 aliphatic carbocycles. The van der Waals surface area contributed by atoms with Crippen LogP contribution in [0.25, 0.3) is 6.08 Å². The molecule has 17 heavy (non-hydrogen) atoms. The monoisotopic (exact) mass is 235 g/mol. The number of amides is 1. The fourth-order valence-corrected chi connectivity index (χ4v) is 1.44. The van der Waals surface area contributed by atoms with Crippen molar-refractivity contribution in [3.8, 4) is 11.5 Å². The van der Waals surface area contributed by atoms with E-state index in [1.165, 1.54) is 6.08 Å². The molecular formula is C13H17NO3. The molecule has 0 saturated heterocycles. The third-order valence-corrected chi connectivity index (χ3v) is 2.20. The first-order chi connectivity index (χ1) is 8.22. The Morgan fingerprint density at radius 3 is 2.71 bits per heavy atom. The van der Waals surface area contributed by atoms with E-state index in [0.29, 0.717) is 18.0 Å². The normalized spacial score (nSPS) is 10.3. The number of para-hydroxylation sites is 1. The van der Waals surface area contributed by atoms with Gasteiger partial charge in [0.1, 0.15) is 0 Å². The van der Waals surface area contributed by atoms with E-state index in [9.17, 15) is 4.79 Å². The summed E-state index contributed by atoms with van der Waals surface area (Å²) in [6.45, 7) is 2.48. The van der Waals surface area contributed by atoms with E-state index in [2.05, 4.69) is 5.32 Å². The summed E-state index contributed by atoms with van der Waals surface area (Å²) in [7, 11) is 3.15. The molecule has 1 rings (SSSR count). The molecule has 1 N–H and O–H groups in total. The maximum atomic E-state index is 11.3. The summed E-state index contributed by atoms with van der Waals surface area (Å²) >= 11 is 0. The summed E-state index contributed by atoms with van der Waals surface area (Å²) in [5, 5.41) is 2.68. The second kappa shape index (κ2) is 6.58. The number of rotatable bonds is 5. The molecule has 0 aromatic heterocycles. The van der Waals surface area contributed by atoms with Gasteiger partial charge >= 0.3 is 0 Å². The molecule has 0 fully saturated rings. The lowest BCUT2D eigenvalue weighted by atomic mass is 10.1. The minimum atomic E-state index is -0.127. The summed E-state index contributed by atoms with van der Waals surface area (Å²) in [5.41, 5.74) is 0.804. The van der Waals surface area contributed by atoms with Gasteiger partial charge in [0.15, 0.2) is 11.5 Å². The quantitative estimate of drug-likeness (QED) is 0.792. The molecular weight excluding hydrogens is 218 g/mol. The Morgan fingerprint density at radius 1 is 1.35 bits per heavy atom. The Bertz CT molecular complexity index is 413. The molecule has 0 bridgehead atoms. The van der Waals surface area contributed by atoms with Gasteiger partial charge in [0.2, 0.25) is 5.91 Å². The van der Waals surface area contributed by atoms with Crippen molar-refractivity contribution in [2.75, 3.05) is 20.8 Å². The van der Waals surface area contributed by atoms with E-state index in [-0.39, 0.29) is 5.91 Å². The van der Waals surface area contributed by atoms with Crippen molar-refractivity contribution in [1.82, 2.24) is 5.32 Å². The van der Waals surface area contributed by atoms with E-state index in [1.807, 2.05) is 25.1 Å². The predicted molar refractivity (Wildman–Crippen MR) is 67.3 cm³/mol. The summed E-state index contributed by atoms with van der Waals surface area (Å²) < 4.78 is 10.4. The Hall–Kier alpha value is -1.97. The second-order valence-electron chi connectivity index (χ2n) is 3.31. The van der Waals surface area contributed by atoms with E-state index >= 15 is 0 Å². The fraction of sp³-hybridized carbons (Fsp3) is 0.308. The zero-order valence-corrected chi connectivity index (χ0v) is 10.3. The topological polar surface area (TPSA) is 47.6 Å². The molecule has 4 heteroatoms. The molecule has 4 nitrogen and oxygen atoms in total. The van der Waals surface area contributed by atoms with Crippen molar-refractivity contribution < 1.29 is 14.3 Å². The average Bonchev–Trinajstić information content (AvgIpc) is 2.36. The number of ether oxygens (including phenoxy) is 2. The second-order valence-corrected chi connectivity index (χ2v) is 3.31. The van der Waals surface area contributed by atoms with Crippen LogP contribution in [-0.2, 0) is 4.79 Å². The van der Waals surface area contributed by atoms with E-state index in [4.69, 9.17) is 9.47 Å². The molecule has 0 saturated carbocycles. The van der Waals surface area contributed by atoms with Crippen LogP contribution in [0.4, 0.5) is 0 Å². The summed E-state index contributed by atoms with van der Waals surface area (Å²) in [6, 6.07) is 5.51. The van der Waals surface area contributed by atoms with Crippen LogP contribution in [0, 0.1) is 0 Å². The standard InChI is InChI=1S/C13H17NO3/c1-4-14-12(15)9-8-10-6-5-7-11(16-2)13(10)17-3/h5-9H,4H2,1-3H3,(H,14,15). The summed E-state index contributed by atoms with van der Waals surface area (Å²) in [5.74, 6) is 1.14. The minimum Gasteiger partial charge on any atom is -0.493 e. The van der Waals surface area contributed by atoms with Crippen LogP contribution in [-0.4, -0.2) is 26.7 Å². The van der Waals surface area contributed by atoms with Crippen LogP contribution >= 0.6 is 0 Å². The van der Waals surface area contributed by atoms with Crippen molar-refractivity contribution >= 4 is 12.0 Å². The average molecular weight is 235 g/mol. The van der Waals surface area contributed by atoms with Crippen LogP contribution < -0.4 is 14.8 Å². The van der Waals surface area contributed by atoms with Crippen LogP contribution in [0.5, 0.6) is 11.5 Å². The first kappa shape index (κ1) is 13.1. The molecule has 0 heterocycles. The highest BCUT2D eigenvalue weighted by atomic mass is 16.5. The minimum absolute atomic E-state index is 0.127. The van der Waals surface area contributed by atoms with Gasteiger partial charge in [-0.3, -0.25) is 4.79 Å². The van der Waals surface area contributed by atoms with E-state index in [1.54, 1.807) is 20.3 Å². The number of carbonyl (C=O) groups excluding carboxylic acids is 1. The van der Waals surface area contributed by atoms with Gasteiger partial charge in [0.05, 0.1) is 14.2 Å². The lowest BCUT2D eigenvalue weighted by Crippen LogP contribution is -2.19. The number of carbonyl (C=O) groups is 1. The van der Waals surface area contributed by atoms with Crippen LogP contribution in [0.2, 0.25) is 0 Å². The number of hydrogen-bond acceptors (Lipinski definition) is 3. The maximum Gasteiger partial charge on any atom is 0.243 e. The summed E-state index contributed by atoms with van der Waals surface area (Å²) in [6.07, 6.45) is 3.17. The molecule has 1 aromatic carbocycles. The molecule has 0 aliphatic rings. The van der Waals surface area contributed by atoms with Gasteiger partial charge in [-0.25, -0.2) is 0 Å². The highest BCUT2D eigenvalue weighted by Gasteiger charge is 2.06. The predicted octanol–water partition coefficient (Wildman–Crippen LogP) is 1.85. The molecule has 0 radical (unpaired) electrons.